The van der Waals surface area contributed by atoms with E-state index in [1.807, 2.05) is 17.6 Å². The second kappa shape index (κ2) is 9.88. The van der Waals surface area contributed by atoms with Crippen molar-refractivity contribution in [2.45, 2.75) is 84.6 Å². The van der Waals surface area contributed by atoms with Gasteiger partial charge in [0, 0.05) is 44.5 Å². The summed E-state index contributed by atoms with van der Waals surface area (Å²) in [6.45, 7) is 8.61. The van der Waals surface area contributed by atoms with Crippen LogP contribution in [0.2, 0.25) is 0 Å². The van der Waals surface area contributed by atoms with Gasteiger partial charge in [0.25, 0.3) is 0 Å². The summed E-state index contributed by atoms with van der Waals surface area (Å²) in [4.78, 5) is 19.6. The summed E-state index contributed by atoms with van der Waals surface area (Å²) in [5.74, 6) is 2.74. The molecule has 4 heterocycles. The number of nitrogens with zero attached hydrogens (tertiary/aromatic N) is 7. The molecule has 0 bridgehead atoms. The van der Waals surface area contributed by atoms with E-state index in [1.54, 1.807) is 0 Å². The third kappa shape index (κ3) is 4.75. The van der Waals surface area contributed by atoms with Gasteiger partial charge in [0.1, 0.15) is 23.0 Å². The van der Waals surface area contributed by atoms with Gasteiger partial charge < -0.3 is 9.80 Å². The van der Waals surface area contributed by atoms with Gasteiger partial charge in [-0.3, -0.25) is 4.98 Å². The first-order valence-corrected chi connectivity index (χ1v) is 13.2. The van der Waals surface area contributed by atoms with Crippen LogP contribution in [0.15, 0.2) is 18.3 Å². The molecule has 0 spiro atoms. The number of aryl methyl sites for hydroxylation is 1. The Morgan fingerprint density at radius 2 is 1.74 bits per heavy atom. The van der Waals surface area contributed by atoms with Crippen LogP contribution in [0.3, 0.4) is 0 Å². The van der Waals surface area contributed by atoms with Gasteiger partial charge in [-0.2, -0.15) is 9.61 Å². The number of hydrogen-bond donors (Lipinski definition) is 0. The standard InChI is InChI=1S/C27H39N7/c1-19(2)15-21-18-28-20(3)27(29-21)23-16-25-30-24(33-13-9-10-14-33)17-26(34(25)31-23)32(4)22-11-7-5-6-8-12-22/h16-19,22H,5-15H2,1-4H3. The van der Waals surface area contributed by atoms with Gasteiger partial charge in [-0.05, 0) is 44.9 Å². The van der Waals surface area contributed by atoms with Crippen molar-refractivity contribution in [2.24, 2.45) is 5.92 Å². The minimum absolute atomic E-state index is 0.537. The zero-order valence-corrected chi connectivity index (χ0v) is 21.3. The molecule has 5 rings (SSSR count). The van der Waals surface area contributed by atoms with Crippen LogP contribution in [0.4, 0.5) is 11.6 Å². The van der Waals surface area contributed by atoms with Crippen LogP contribution in [0, 0.1) is 12.8 Å². The highest BCUT2D eigenvalue weighted by Gasteiger charge is 2.24. The molecule has 34 heavy (non-hydrogen) atoms. The summed E-state index contributed by atoms with van der Waals surface area (Å²) in [5, 5.41) is 5.06. The predicted octanol–water partition coefficient (Wildman–Crippen LogP) is 5.45. The quantitative estimate of drug-likeness (QED) is 0.455. The number of fused-ring (bicyclic) bond motifs is 1. The van der Waals surface area contributed by atoms with Gasteiger partial charge in [-0.15, -0.1) is 0 Å². The average Bonchev–Trinajstić information content (AvgIpc) is 3.43. The maximum absolute atomic E-state index is 5.06. The fraction of sp³-hybridized carbons (Fsp3) is 0.630. The summed E-state index contributed by atoms with van der Waals surface area (Å²) in [7, 11) is 2.24. The summed E-state index contributed by atoms with van der Waals surface area (Å²) in [6, 6.07) is 4.90. The first-order valence-electron chi connectivity index (χ1n) is 13.2. The number of hydrogen-bond acceptors (Lipinski definition) is 6. The summed E-state index contributed by atoms with van der Waals surface area (Å²) >= 11 is 0. The highest BCUT2D eigenvalue weighted by Crippen LogP contribution is 2.31. The van der Waals surface area contributed by atoms with E-state index in [0.29, 0.717) is 12.0 Å². The van der Waals surface area contributed by atoms with Gasteiger partial charge in [0.15, 0.2) is 5.65 Å². The Balaban J connectivity index is 1.59. The van der Waals surface area contributed by atoms with Crippen LogP contribution < -0.4 is 9.80 Å². The molecule has 7 nitrogen and oxygen atoms in total. The van der Waals surface area contributed by atoms with E-state index < -0.39 is 0 Å². The second-order valence-corrected chi connectivity index (χ2v) is 10.6. The lowest BCUT2D eigenvalue weighted by atomic mass is 10.1. The van der Waals surface area contributed by atoms with Crippen molar-refractivity contribution < 1.29 is 0 Å². The third-order valence-corrected chi connectivity index (χ3v) is 7.42. The van der Waals surface area contributed by atoms with Crippen LogP contribution in [-0.4, -0.2) is 50.7 Å². The van der Waals surface area contributed by atoms with E-state index >= 15 is 0 Å². The maximum Gasteiger partial charge on any atom is 0.160 e. The number of anilines is 2. The molecule has 3 aromatic heterocycles. The molecule has 2 aliphatic rings. The Hall–Kier alpha value is -2.70. The van der Waals surface area contributed by atoms with Crippen molar-refractivity contribution in [1.29, 1.82) is 0 Å². The highest BCUT2D eigenvalue weighted by molar-refractivity contribution is 5.67. The van der Waals surface area contributed by atoms with Gasteiger partial charge >= 0.3 is 0 Å². The minimum Gasteiger partial charge on any atom is -0.356 e. The normalized spacial score (nSPS) is 17.6. The fourth-order valence-electron chi connectivity index (χ4n) is 5.50. The lowest BCUT2D eigenvalue weighted by Crippen LogP contribution is -2.33. The monoisotopic (exact) mass is 461 g/mol. The molecular formula is C27H39N7. The first-order chi connectivity index (χ1) is 16.5. The molecule has 1 aliphatic carbocycles. The maximum atomic E-state index is 5.06. The van der Waals surface area contributed by atoms with E-state index in [4.69, 9.17) is 15.1 Å². The molecular weight excluding hydrogens is 422 g/mol. The Labute approximate surface area is 203 Å². The molecule has 1 saturated heterocycles. The SMILES string of the molecule is Cc1ncc(CC(C)C)nc1-c1cc2nc(N3CCCC3)cc(N(C)C3CCCCCC3)n2n1. The smallest absolute Gasteiger partial charge is 0.160 e. The summed E-state index contributed by atoms with van der Waals surface area (Å²) in [5.41, 5.74) is 4.56. The largest absolute Gasteiger partial charge is 0.356 e. The Morgan fingerprint density at radius 3 is 2.44 bits per heavy atom. The summed E-state index contributed by atoms with van der Waals surface area (Å²) < 4.78 is 2.04. The molecule has 0 amide bonds. The van der Waals surface area contributed by atoms with Gasteiger partial charge in [-0.1, -0.05) is 39.5 Å². The van der Waals surface area contributed by atoms with E-state index in [-0.39, 0.29) is 0 Å². The van der Waals surface area contributed by atoms with E-state index in [2.05, 4.69) is 47.8 Å². The van der Waals surface area contributed by atoms with Crippen molar-refractivity contribution in [2.75, 3.05) is 29.9 Å². The number of rotatable bonds is 6. The second-order valence-electron chi connectivity index (χ2n) is 10.6. The van der Waals surface area contributed by atoms with Gasteiger partial charge in [-0.25, -0.2) is 9.97 Å². The predicted molar refractivity (Wildman–Crippen MR) is 139 cm³/mol. The zero-order valence-electron chi connectivity index (χ0n) is 21.3. The van der Waals surface area contributed by atoms with Crippen LogP contribution in [0.5, 0.6) is 0 Å². The van der Waals surface area contributed by atoms with Gasteiger partial charge in [0.2, 0.25) is 0 Å². The molecule has 0 atom stereocenters. The fourth-order valence-corrected chi connectivity index (χ4v) is 5.50. The minimum atomic E-state index is 0.537. The lowest BCUT2D eigenvalue weighted by molar-refractivity contribution is 0.545. The molecule has 0 aromatic carbocycles. The van der Waals surface area contributed by atoms with Gasteiger partial charge in [0.05, 0.1) is 11.4 Å². The molecule has 0 radical (unpaired) electrons. The molecule has 1 aliphatic heterocycles. The highest BCUT2D eigenvalue weighted by atomic mass is 15.4. The molecule has 3 aromatic rings. The van der Waals surface area contributed by atoms with Crippen LogP contribution in [-0.2, 0) is 6.42 Å². The Bertz CT molecular complexity index is 1120. The Kier molecular flexibility index (Phi) is 6.70. The van der Waals surface area contributed by atoms with E-state index in [9.17, 15) is 0 Å². The topological polar surface area (TPSA) is 62.5 Å². The molecule has 0 unspecified atom stereocenters. The molecule has 2 fully saturated rings. The summed E-state index contributed by atoms with van der Waals surface area (Å²) in [6.07, 6.45) is 13.1. The van der Waals surface area contributed by atoms with Crippen molar-refractivity contribution in [3.05, 3.63) is 29.7 Å². The lowest BCUT2D eigenvalue weighted by Gasteiger charge is -2.30. The van der Waals surface area contributed by atoms with Crippen LogP contribution in [0.1, 0.15) is 76.6 Å². The van der Waals surface area contributed by atoms with Crippen molar-refractivity contribution in [1.82, 2.24) is 24.6 Å². The third-order valence-electron chi connectivity index (χ3n) is 7.42. The van der Waals surface area contributed by atoms with Crippen LogP contribution in [0.25, 0.3) is 17.0 Å². The Morgan fingerprint density at radius 1 is 1.00 bits per heavy atom. The van der Waals surface area contributed by atoms with Crippen LogP contribution >= 0.6 is 0 Å². The number of aromatic nitrogens is 5. The average molecular weight is 462 g/mol. The molecule has 7 heteroatoms. The zero-order chi connectivity index (χ0) is 23.7. The van der Waals surface area contributed by atoms with Crippen molar-refractivity contribution >= 4 is 17.3 Å². The molecule has 182 valence electrons. The molecule has 0 N–H and O–H groups in total. The molecule has 1 saturated carbocycles. The first kappa shape index (κ1) is 23.1. The van der Waals surface area contributed by atoms with E-state index in [1.165, 1.54) is 51.4 Å². The van der Waals surface area contributed by atoms with E-state index in [0.717, 1.165) is 59.6 Å². The van der Waals surface area contributed by atoms with Crippen molar-refractivity contribution in [3.8, 4) is 11.4 Å². The van der Waals surface area contributed by atoms with Crippen molar-refractivity contribution in [3.63, 3.8) is 0 Å².